The summed E-state index contributed by atoms with van der Waals surface area (Å²) in [5, 5.41) is 9.45. The van der Waals surface area contributed by atoms with Crippen LogP contribution in [0, 0.1) is 11.8 Å². The second-order valence-corrected chi connectivity index (χ2v) is 6.89. The Balaban J connectivity index is 1.83. The third-order valence-corrected chi connectivity index (χ3v) is 4.95. The summed E-state index contributed by atoms with van der Waals surface area (Å²) in [6, 6.07) is 5.91. The molecule has 146 valence electrons. The molecule has 7 heteroatoms. The average molecular weight is 373 g/mol. The molecular weight excluding hydrogens is 347 g/mol. The van der Waals surface area contributed by atoms with Gasteiger partial charge in [-0.3, -0.25) is 9.69 Å². The van der Waals surface area contributed by atoms with Gasteiger partial charge in [-0.1, -0.05) is 31.9 Å². The predicted octanol–water partition coefficient (Wildman–Crippen LogP) is 4.69. The van der Waals surface area contributed by atoms with Crippen molar-refractivity contribution < 1.29 is 27.8 Å². The van der Waals surface area contributed by atoms with E-state index in [4.69, 9.17) is 0 Å². The van der Waals surface area contributed by atoms with Gasteiger partial charge < -0.3 is 9.84 Å². The molecule has 0 spiro atoms. The molecule has 4 nitrogen and oxygen atoms in total. The van der Waals surface area contributed by atoms with Gasteiger partial charge in [0, 0.05) is 6.54 Å². The first-order valence-corrected chi connectivity index (χ1v) is 9.08. The van der Waals surface area contributed by atoms with E-state index < -0.39 is 12.3 Å². The molecule has 1 unspecified atom stereocenters. The van der Waals surface area contributed by atoms with Crippen molar-refractivity contribution in [3.8, 4) is 5.75 Å². The van der Waals surface area contributed by atoms with Crippen LogP contribution in [0.25, 0.3) is 0 Å². The lowest BCUT2D eigenvalue weighted by Crippen LogP contribution is -2.37. The standard InChI is InChI=1S/C19H26F3NO3/c1-2-3-4-17(18(24)25)15-9-11-23(12-10-15)13-14-5-7-16(8-6-14)26-19(20,21)22/h5-8,15,17H,2-4,9-13H2,1H3,(H,24,25). The fourth-order valence-electron chi connectivity index (χ4n) is 3.55. The quantitative estimate of drug-likeness (QED) is 0.718. The van der Waals surface area contributed by atoms with E-state index in [-0.39, 0.29) is 17.6 Å². The Morgan fingerprint density at radius 2 is 1.88 bits per heavy atom. The van der Waals surface area contributed by atoms with Crippen molar-refractivity contribution in [2.45, 2.75) is 51.9 Å². The maximum Gasteiger partial charge on any atom is 0.573 e. The Kier molecular flexibility index (Phi) is 7.32. The summed E-state index contributed by atoms with van der Waals surface area (Å²) < 4.78 is 40.4. The molecule has 2 rings (SSSR count). The van der Waals surface area contributed by atoms with Gasteiger partial charge in [0.05, 0.1) is 5.92 Å². The maximum absolute atomic E-state index is 12.2. The number of rotatable bonds is 8. The van der Waals surface area contributed by atoms with E-state index in [1.54, 1.807) is 12.1 Å². The average Bonchev–Trinajstić information content (AvgIpc) is 2.57. The number of nitrogens with zero attached hydrogens (tertiary/aromatic N) is 1. The SMILES string of the molecule is CCCCC(C(=O)O)C1CCN(Cc2ccc(OC(F)(F)F)cc2)CC1. The van der Waals surface area contributed by atoms with E-state index in [1.165, 1.54) is 12.1 Å². The molecule has 1 aromatic rings. The van der Waals surface area contributed by atoms with E-state index in [9.17, 15) is 23.1 Å². The third kappa shape index (κ3) is 6.52. The van der Waals surface area contributed by atoms with Crippen molar-refractivity contribution in [3.63, 3.8) is 0 Å². The number of likely N-dealkylation sites (tertiary alicyclic amines) is 1. The van der Waals surface area contributed by atoms with Crippen LogP contribution in [0.15, 0.2) is 24.3 Å². The molecule has 1 aliphatic heterocycles. The number of halogens is 3. The number of ether oxygens (including phenoxy) is 1. The van der Waals surface area contributed by atoms with Crippen LogP contribution in [-0.4, -0.2) is 35.4 Å². The second-order valence-electron chi connectivity index (χ2n) is 6.89. The van der Waals surface area contributed by atoms with E-state index in [0.29, 0.717) is 6.54 Å². The fourth-order valence-corrected chi connectivity index (χ4v) is 3.55. The molecule has 1 heterocycles. The molecule has 1 fully saturated rings. The van der Waals surface area contributed by atoms with Crippen LogP contribution in [0.2, 0.25) is 0 Å². The number of alkyl halides is 3. The molecule has 1 atom stereocenters. The second kappa shape index (κ2) is 9.26. The van der Waals surface area contributed by atoms with Crippen molar-refractivity contribution in [3.05, 3.63) is 29.8 Å². The number of hydrogen-bond donors (Lipinski definition) is 1. The van der Waals surface area contributed by atoms with Crippen LogP contribution in [0.3, 0.4) is 0 Å². The summed E-state index contributed by atoms with van der Waals surface area (Å²) in [7, 11) is 0. The Morgan fingerprint density at radius 1 is 1.27 bits per heavy atom. The number of aliphatic carboxylic acids is 1. The number of hydrogen-bond acceptors (Lipinski definition) is 3. The van der Waals surface area contributed by atoms with Crippen LogP contribution < -0.4 is 4.74 Å². The highest BCUT2D eigenvalue weighted by Crippen LogP contribution is 2.30. The van der Waals surface area contributed by atoms with Gasteiger partial charge in [-0.15, -0.1) is 13.2 Å². The molecule has 0 aromatic heterocycles. The van der Waals surface area contributed by atoms with Gasteiger partial charge in [0.15, 0.2) is 0 Å². The topological polar surface area (TPSA) is 49.8 Å². The molecule has 0 radical (unpaired) electrons. The van der Waals surface area contributed by atoms with Gasteiger partial charge >= 0.3 is 12.3 Å². The highest BCUT2D eigenvalue weighted by molar-refractivity contribution is 5.70. The molecule has 0 saturated carbocycles. The van der Waals surface area contributed by atoms with Crippen molar-refractivity contribution in [1.82, 2.24) is 4.90 Å². The number of benzene rings is 1. The zero-order valence-corrected chi connectivity index (χ0v) is 15.0. The molecular formula is C19H26F3NO3. The monoisotopic (exact) mass is 373 g/mol. The lowest BCUT2D eigenvalue weighted by molar-refractivity contribution is -0.274. The zero-order valence-electron chi connectivity index (χ0n) is 15.0. The Bertz CT molecular complexity index is 566. The van der Waals surface area contributed by atoms with E-state index >= 15 is 0 Å². The van der Waals surface area contributed by atoms with E-state index in [2.05, 4.69) is 16.6 Å². The summed E-state index contributed by atoms with van der Waals surface area (Å²) in [6.45, 7) is 4.32. The molecule has 1 N–H and O–H groups in total. The number of carboxylic acid groups (broad SMARTS) is 1. The van der Waals surface area contributed by atoms with Crippen LogP contribution in [0.5, 0.6) is 5.75 Å². The molecule has 0 amide bonds. The maximum atomic E-state index is 12.2. The van der Waals surface area contributed by atoms with E-state index in [0.717, 1.165) is 50.8 Å². The van der Waals surface area contributed by atoms with Crippen molar-refractivity contribution in [2.24, 2.45) is 11.8 Å². The van der Waals surface area contributed by atoms with Gasteiger partial charge in [0.2, 0.25) is 0 Å². The molecule has 1 saturated heterocycles. The minimum atomic E-state index is -4.68. The smallest absolute Gasteiger partial charge is 0.481 e. The van der Waals surface area contributed by atoms with Gasteiger partial charge in [-0.05, 0) is 56.0 Å². The lowest BCUT2D eigenvalue weighted by Gasteiger charge is -2.34. The molecule has 26 heavy (non-hydrogen) atoms. The Hall–Kier alpha value is -1.76. The van der Waals surface area contributed by atoms with Crippen molar-refractivity contribution in [1.29, 1.82) is 0 Å². The highest BCUT2D eigenvalue weighted by Gasteiger charge is 2.32. The molecule has 1 aliphatic rings. The van der Waals surface area contributed by atoms with Crippen LogP contribution in [0.1, 0.15) is 44.6 Å². The molecule has 0 bridgehead atoms. The first kappa shape index (κ1) is 20.6. The normalized spacial score (nSPS) is 17.8. The molecule has 0 aliphatic carbocycles. The minimum Gasteiger partial charge on any atom is -0.481 e. The van der Waals surface area contributed by atoms with Crippen LogP contribution in [0.4, 0.5) is 13.2 Å². The van der Waals surface area contributed by atoms with E-state index in [1.807, 2.05) is 0 Å². The first-order chi connectivity index (χ1) is 12.3. The summed E-state index contributed by atoms with van der Waals surface area (Å²) >= 11 is 0. The minimum absolute atomic E-state index is 0.206. The number of piperidine rings is 1. The first-order valence-electron chi connectivity index (χ1n) is 9.08. The van der Waals surface area contributed by atoms with Gasteiger partial charge in [0.1, 0.15) is 5.75 Å². The van der Waals surface area contributed by atoms with Gasteiger partial charge in [-0.25, -0.2) is 0 Å². The lowest BCUT2D eigenvalue weighted by atomic mass is 9.81. The summed E-state index contributed by atoms with van der Waals surface area (Å²) in [6.07, 6.45) is -0.328. The fraction of sp³-hybridized carbons (Fsp3) is 0.632. The number of unbranched alkanes of at least 4 members (excludes halogenated alkanes) is 1. The largest absolute Gasteiger partial charge is 0.573 e. The Morgan fingerprint density at radius 3 is 2.38 bits per heavy atom. The molecule has 1 aromatic carbocycles. The number of carboxylic acids is 1. The predicted molar refractivity (Wildman–Crippen MR) is 91.8 cm³/mol. The summed E-state index contributed by atoms with van der Waals surface area (Å²) in [5.74, 6) is -0.980. The van der Waals surface area contributed by atoms with Gasteiger partial charge in [-0.2, -0.15) is 0 Å². The van der Waals surface area contributed by atoms with Crippen LogP contribution in [-0.2, 0) is 11.3 Å². The van der Waals surface area contributed by atoms with Crippen molar-refractivity contribution in [2.75, 3.05) is 13.1 Å². The van der Waals surface area contributed by atoms with Crippen molar-refractivity contribution >= 4 is 5.97 Å². The highest BCUT2D eigenvalue weighted by atomic mass is 19.4. The summed E-state index contributed by atoms with van der Waals surface area (Å²) in [4.78, 5) is 13.7. The zero-order chi connectivity index (χ0) is 19.2. The van der Waals surface area contributed by atoms with Crippen LogP contribution >= 0.6 is 0 Å². The van der Waals surface area contributed by atoms with Gasteiger partial charge in [0.25, 0.3) is 0 Å². The third-order valence-electron chi connectivity index (χ3n) is 4.95. The number of carbonyl (C=O) groups is 1. The Labute approximate surface area is 151 Å². The summed E-state index contributed by atoms with van der Waals surface area (Å²) in [5.41, 5.74) is 0.916.